The Labute approximate surface area is 195 Å². The number of nitrogens with zero attached hydrogens (tertiary/aromatic N) is 2. The largest absolute Gasteiger partial charge is 0.493 e. The molecule has 13 nitrogen and oxygen atoms in total. The number of ether oxygens (including phenoxy) is 2. The number of carbonyl (C=O) groups is 2. The van der Waals surface area contributed by atoms with Gasteiger partial charge in [0.05, 0.1) is 25.5 Å². The summed E-state index contributed by atoms with van der Waals surface area (Å²) in [6.45, 7) is 1.70. The third-order valence-corrected chi connectivity index (χ3v) is 5.45. The van der Waals surface area contributed by atoms with E-state index in [1.807, 2.05) is 0 Å². The molecule has 0 saturated heterocycles. The average Bonchev–Trinajstić information content (AvgIpc) is 3.20. The van der Waals surface area contributed by atoms with E-state index in [2.05, 4.69) is 31.1 Å². The number of nitrogens with one attached hydrogen (secondary N) is 4. The molecule has 0 spiro atoms. The van der Waals surface area contributed by atoms with E-state index in [1.54, 1.807) is 25.1 Å². The quantitative estimate of drug-likeness (QED) is 0.315. The van der Waals surface area contributed by atoms with Crippen LogP contribution >= 0.6 is 0 Å². The zero-order valence-electron chi connectivity index (χ0n) is 18.5. The number of nitrogens with two attached hydrogens (primary N) is 1. The summed E-state index contributed by atoms with van der Waals surface area (Å²) in [5, 5.41) is 19.2. The summed E-state index contributed by atoms with van der Waals surface area (Å²) in [5.41, 5.74) is 1.39. The van der Waals surface area contributed by atoms with Gasteiger partial charge in [-0.3, -0.25) is 15.2 Å². The van der Waals surface area contributed by atoms with E-state index in [0.717, 1.165) is 0 Å². The van der Waals surface area contributed by atoms with Gasteiger partial charge in [0.2, 0.25) is 21.9 Å². The number of urea groups is 1. The fraction of sp³-hybridized carbons (Fsp3) is 0.200. The third kappa shape index (κ3) is 6.20. The van der Waals surface area contributed by atoms with Crippen LogP contribution in [0.2, 0.25) is 0 Å². The molecule has 3 aromatic rings. The first-order valence-corrected chi connectivity index (χ1v) is 11.3. The highest BCUT2D eigenvalue weighted by Crippen LogP contribution is 2.29. The van der Waals surface area contributed by atoms with Crippen LogP contribution < -0.4 is 30.6 Å². The van der Waals surface area contributed by atoms with Gasteiger partial charge in [-0.05, 0) is 36.8 Å². The lowest BCUT2D eigenvalue weighted by Crippen LogP contribution is -2.20. The molecule has 180 valence electrons. The van der Waals surface area contributed by atoms with E-state index >= 15 is 0 Å². The summed E-state index contributed by atoms with van der Waals surface area (Å²) in [6.07, 6.45) is -0.203. The number of hydrogen-bond acceptors (Lipinski definition) is 8. The first-order valence-electron chi connectivity index (χ1n) is 9.73. The SMILES string of the molecule is COc1ccc(NC(=O)Nc2n[nH]c(CC(=O)Nc3cc(S(N)(=O)=O)ccc3C)n2)cc1OC. The molecule has 0 radical (unpaired) electrons. The highest BCUT2D eigenvalue weighted by atomic mass is 32.2. The number of methoxy groups -OCH3 is 2. The van der Waals surface area contributed by atoms with Gasteiger partial charge in [0, 0.05) is 17.4 Å². The van der Waals surface area contributed by atoms with Gasteiger partial charge in [-0.25, -0.2) is 18.4 Å². The van der Waals surface area contributed by atoms with Crippen molar-refractivity contribution < 1.29 is 27.5 Å². The number of sulfonamides is 1. The van der Waals surface area contributed by atoms with Crippen molar-refractivity contribution in [2.45, 2.75) is 18.2 Å². The van der Waals surface area contributed by atoms with Gasteiger partial charge in [-0.15, -0.1) is 5.10 Å². The number of primary sulfonamides is 1. The topological polar surface area (TPSA) is 190 Å². The van der Waals surface area contributed by atoms with E-state index in [1.165, 1.54) is 32.4 Å². The second kappa shape index (κ2) is 10.2. The minimum atomic E-state index is -3.91. The highest BCUT2D eigenvalue weighted by Gasteiger charge is 2.15. The molecule has 3 rings (SSSR count). The van der Waals surface area contributed by atoms with Crippen molar-refractivity contribution in [3.8, 4) is 11.5 Å². The molecule has 34 heavy (non-hydrogen) atoms. The standard InChI is InChI=1S/C20H23N7O6S/c1-11-4-6-13(34(21,30)31)9-14(11)23-18(28)10-17-24-19(27-26-17)25-20(29)22-12-5-7-15(32-2)16(8-12)33-3/h4-9H,10H2,1-3H3,(H,23,28)(H2,21,30,31)(H3,22,24,25,26,27,29). The summed E-state index contributed by atoms with van der Waals surface area (Å²) in [6, 6.07) is 8.38. The zero-order chi connectivity index (χ0) is 24.9. The summed E-state index contributed by atoms with van der Waals surface area (Å²) in [7, 11) is -0.935. The Balaban J connectivity index is 1.59. The van der Waals surface area contributed by atoms with E-state index in [9.17, 15) is 18.0 Å². The minimum absolute atomic E-state index is 0.0480. The summed E-state index contributed by atoms with van der Waals surface area (Å²) in [4.78, 5) is 28.5. The van der Waals surface area contributed by atoms with Gasteiger partial charge in [-0.1, -0.05) is 6.07 Å². The lowest BCUT2D eigenvalue weighted by molar-refractivity contribution is -0.115. The molecule has 6 N–H and O–H groups in total. The van der Waals surface area contributed by atoms with Crippen LogP contribution in [0.1, 0.15) is 11.4 Å². The number of aromatic nitrogens is 3. The number of carbonyl (C=O) groups excluding carboxylic acids is 2. The molecule has 0 fully saturated rings. The summed E-state index contributed by atoms with van der Waals surface area (Å²) >= 11 is 0. The van der Waals surface area contributed by atoms with Crippen molar-refractivity contribution in [1.29, 1.82) is 0 Å². The zero-order valence-corrected chi connectivity index (χ0v) is 19.3. The number of aromatic amines is 1. The van der Waals surface area contributed by atoms with Crippen LogP contribution in [0.25, 0.3) is 0 Å². The molecule has 0 unspecified atom stereocenters. The predicted octanol–water partition coefficient (Wildman–Crippen LogP) is 1.60. The third-order valence-electron chi connectivity index (χ3n) is 4.54. The number of anilines is 3. The number of benzene rings is 2. The van der Waals surface area contributed by atoms with Crippen LogP contribution in [-0.4, -0.2) is 49.8 Å². The van der Waals surface area contributed by atoms with Crippen molar-refractivity contribution in [3.63, 3.8) is 0 Å². The first-order chi connectivity index (χ1) is 16.1. The molecule has 0 saturated carbocycles. The number of amides is 3. The molecule has 1 heterocycles. The number of hydrogen-bond donors (Lipinski definition) is 5. The first kappa shape index (κ1) is 24.5. The summed E-state index contributed by atoms with van der Waals surface area (Å²) in [5.74, 6) is 0.604. The molecule has 2 aromatic carbocycles. The fourth-order valence-corrected chi connectivity index (χ4v) is 3.41. The average molecular weight is 490 g/mol. The van der Waals surface area contributed by atoms with E-state index < -0.39 is 22.0 Å². The molecular weight excluding hydrogens is 466 g/mol. The maximum absolute atomic E-state index is 12.4. The molecule has 0 aliphatic heterocycles. The Morgan fingerprint density at radius 1 is 1.03 bits per heavy atom. The van der Waals surface area contributed by atoms with Crippen molar-refractivity contribution in [2.24, 2.45) is 5.14 Å². The normalized spacial score (nSPS) is 10.9. The molecule has 0 bridgehead atoms. The molecule has 14 heteroatoms. The monoisotopic (exact) mass is 489 g/mol. The second-order valence-electron chi connectivity index (χ2n) is 7.00. The Morgan fingerprint density at radius 3 is 2.44 bits per heavy atom. The Kier molecular flexibility index (Phi) is 7.33. The van der Waals surface area contributed by atoms with Gasteiger partial charge in [0.15, 0.2) is 11.5 Å². The van der Waals surface area contributed by atoms with Crippen molar-refractivity contribution in [3.05, 3.63) is 47.8 Å². The number of rotatable bonds is 8. The van der Waals surface area contributed by atoms with Crippen molar-refractivity contribution >= 4 is 39.3 Å². The van der Waals surface area contributed by atoms with E-state index in [4.69, 9.17) is 14.6 Å². The maximum atomic E-state index is 12.4. The molecule has 3 amide bonds. The van der Waals surface area contributed by atoms with Gasteiger partial charge < -0.3 is 20.1 Å². The van der Waals surface area contributed by atoms with E-state index in [-0.39, 0.29) is 23.1 Å². The number of aryl methyl sites for hydroxylation is 1. The smallest absolute Gasteiger partial charge is 0.326 e. The van der Waals surface area contributed by atoms with Crippen LogP contribution in [-0.2, 0) is 21.2 Å². The summed E-state index contributed by atoms with van der Waals surface area (Å²) < 4.78 is 33.4. The minimum Gasteiger partial charge on any atom is -0.493 e. The highest BCUT2D eigenvalue weighted by molar-refractivity contribution is 7.89. The molecule has 0 aliphatic carbocycles. The molecule has 0 atom stereocenters. The maximum Gasteiger partial charge on any atom is 0.326 e. The van der Waals surface area contributed by atoms with E-state index in [0.29, 0.717) is 28.4 Å². The predicted molar refractivity (Wildman–Crippen MR) is 123 cm³/mol. The molecule has 0 aliphatic rings. The molecular formula is C20H23N7O6S. The van der Waals surface area contributed by atoms with Crippen LogP contribution in [0.5, 0.6) is 11.5 Å². The van der Waals surface area contributed by atoms with Gasteiger partial charge in [0.1, 0.15) is 5.82 Å². The Morgan fingerprint density at radius 2 is 1.76 bits per heavy atom. The second-order valence-corrected chi connectivity index (χ2v) is 8.56. The Bertz CT molecular complexity index is 1320. The lowest BCUT2D eigenvalue weighted by atomic mass is 10.2. The van der Waals surface area contributed by atoms with Gasteiger partial charge in [-0.2, -0.15) is 4.98 Å². The van der Waals surface area contributed by atoms with Crippen LogP contribution in [0.4, 0.5) is 22.1 Å². The van der Waals surface area contributed by atoms with Gasteiger partial charge in [0.25, 0.3) is 0 Å². The lowest BCUT2D eigenvalue weighted by Gasteiger charge is -2.10. The van der Waals surface area contributed by atoms with Crippen LogP contribution in [0.15, 0.2) is 41.3 Å². The molecule has 1 aromatic heterocycles. The fourth-order valence-electron chi connectivity index (χ4n) is 2.87. The van der Waals surface area contributed by atoms with Gasteiger partial charge >= 0.3 is 6.03 Å². The number of H-pyrrole nitrogens is 1. The van der Waals surface area contributed by atoms with Crippen molar-refractivity contribution in [1.82, 2.24) is 15.2 Å². The van der Waals surface area contributed by atoms with Crippen molar-refractivity contribution in [2.75, 3.05) is 30.2 Å². The van der Waals surface area contributed by atoms with Crippen LogP contribution in [0.3, 0.4) is 0 Å². The van der Waals surface area contributed by atoms with Crippen LogP contribution in [0, 0.1) is 6.92 Å². The Hall–Kier alpha value is -4.17.